The lowest BCUT2D eigenvalue weighted by Crippen LogP contribution is -2.44. The van der Waals surface area contributed by atoms with Crippen molar-refractivity contribution in [3.05, 3.63) is 112 Å². The Bertz CT molecular complexity index is 1410. The monoisotopic (exact) mass is 560 g/mol. The van der Waals surface area contributed by atoms with Gasteiger partial charge in [0.25, 0.3) is 11.8 Å². The molecule has 0 unspecified atom stereocenters. The standard InChI is InChI=1S/C28H28N6O7/c1-41-28(38)21(17-19-9-4-2-5-10-19)32-24(35)14-16-30-27(37)22(33-26(36)20-11-6-3-7-12-20)18-31-25-23(34(39)40)13-8-15-29-25/h2-13,15,18,21H,14,16-17H2,1H3,(H,29,31)(H,30,37)(H,32,35)(H,33,36)/b22-18-/t21-/m0/s1. The first-order valence-corrected chi connectivity index (χ1v) is 12.4. The van der Waals surface area contributed by atoms with Gasteiger partial charge < -0.3 is 26.0 Å². The average molecular weight is 561 g/mol. The van der Waals surface area contributed by atoms with E-state index in [0.717, 1.165) is 11.8 Å². The second-order valence-corrected chi connectivity index (χ2v) is 8.49. The molecule has 3 rings (SSSR count). The highest BCUT2D eigenvalue weighted by Gasteiger charge is 2.22. The third-order valence-corrected chi connectivity index (χ3v) is 5.61. The normalized spacial score (nSPS) is 11.5. The summed E-state index contributed by atoms with van der Waals surface area (Å²) < 4.78 is 4.79. The molecule has 1 atom stereocenters. The Hall–Kier alpha value is -5.59. The number of pyridine rings is 1. The van der Waals surface area contributed by atoms with Crippen LogP contribution in [0.1, 0.15) is 22.3 Å². The molecule has 0 spiro atoms. The highest BCUT2D eigenvalue weighted by molar-refractivity contribution is 6.03. The number of carbonyl (C=O) groups excluding carboxylic acids is 4. The van der Waals surface area contributed by atoms with Crippen LogP contribution in [0.4, 0.5) is 11.5 Å². The summed E-state index contributed by atoms with van der Waals surface area (Å²) >= 11 is 0. The van der Waals surface area contributed by atoms with Gasteiger partial charge in [-0.3, -0.25) is 24.5 Å². The number of nitrogens with one attached hydrogen (secondary N) is 4. The third-order valence-electron chi connectivity index (χ3n) is 5.61. The second kappa shape index (κ2) is 15.1. The van der Waals surface area contributed by atoms with Gasteiger partial charge in [0.2, 0.25) is 11.7 Å². The number of methoxy groups -OCH3 is 1. The van der Waals surface area contributed by atoms with E-state index in [0.29, 0.717) is 0 Å². The number of hydrogen-bond donors (Lipinski definition) is 4. The van der Waals surface area contributed by atoms with E-state index < -0.39 is 34.7 Å². The molecule has 0 bridgehead atoms. The number of benzene rings is 2. The van der Waals surface area contributed by atoms with E-state index in [2.05, 4.69) is 26.3 Å². The first-order valence-electron chi connectivity index (χ1n) is 12.4. The summed E-state index contributed by atoms with van der Waals surface area (Å²) in [7, 11) is 1.22. The van der Waals surface area contributed by atoms with E-state index >= 15 is 0 Å². The van der Waals surface area contributed by atoms with Gasteiger partial charge in [-0.25, -0.2) is 9.78 Å². The van der Waals surface area contributed by atoms with Crippen LogP contribution in [-0.2, 0) is 25.5 Å². The van der Waals surface area contributed by atoms with E-state index in [1.165, 1.54) is 25.4 Å². The highest BCUT2D eigenvalue weighted by atomic mass is 16.6. The lowest BCUT2D eigenvalue weighted by Gasteiger charge is -2.17. The fourth-order valence-electron chi connectivity index (χ4n) is 3.57. The molecule has 0 aliphatic rings. The number of amides is 3. The zero-order valence-corrected chi connectivity index (χ0v) is 22.0. The fraction of sp³-hybridized carbons (Fsp3) is 0.179. The Morgan fingerprint density at radius 3 is 2.34 bits per heavy atom. The van der Waals surface area contributed by atoms with Gasteiger partial charge in [-0.05, 0) is 23.8 Å². The highest BCUT2D eigenvalue weighted by Crippen LogP contribution is 2.20. The van der Waals surface area contributed by atoms with Crippen molar-refractivity contribution in [2.75, 3.05) is 19.0 Å². The van der Waals surface area contributed by atoms with Crippen LogP contribution in [0, 0.1) is 10.1 Å². The van der Waals surface area contributed by atoms with Crippen molar-refractivity contribution in [2.45, 2.75) is 18.9 Å². The number of nitrogens with zero attached hydrogens (tertiary/aromatic N) is 2. The Labute approximate surface area is 235 Å². The molecule has 3 aromatic rings. The van der Waals surface area contributed by atoms with Crippen LogP contribution in [0.3, 0.4) is 0 Å². The molecular formula is C28H28N6O7. The van der Waals surface area contributed by atoms with E-state index in [1.54, 1.807) is 30.3 Å². The summed E-state index contributed by atoms with van der Waals surface area (Å²) in [5.41, 5.74) is 0.462. The topological polar surface area (TPSA) is 182 Å². The Morgan fingerprint density at radius 2 is 1.68 bits per heavy atom. The Morgan fingerprint density at radius 1 is 1.00 bits per heavy atom. The predicted octanol–water partition coefficient (Wildman–Crippen LogP) is 2.08. The van der Waals surface area contributed by atoms with E-state index in [4.69, 9.17) is 4.74 Å². The number of anilines is 1. The molecule has 0 saturated heterocycles. The predicted molar refractivity (Wildman–Crippen MR) is 148 cm³/mol. The molecular weight excluding hydrogens is 532 g/mol. The lowest BCUT2D eigenvalue weighted by molar-refractivity contribution is -0.384. The first kappa shape index (κ1) is 30.0. The van der Waals surface area contributed by atoms with Gasteiger partial charge in [0.15, 0.2) is 0 Å². The van der Waals surface area contributed by atoms with E-state index in [1.807, 2.05) is 30.3 Å². The lowest BCUT2D eigenvalue weighted by atomic mass is 10.1. The summed E-state index contributed by atoms with van der Waals surface area (Å²) in [4.78, 5) is 64.9. The summed E-state index contributed by atoms with van der Waals surface area (Å²) in [6.45, 7) is -0.147. The molecule has 0 saturated carbocycles. The number of rotatable bonds is 13. The average Bonchev–Trinajstić information content (AvgIpc) is 2.99. The Kier molecular flexibility index (Phi) is 11.0. The first-order chi connectivity index (χ1) is 19.8. The summed E-state index contributed by atoms with van der Waals surface area (Å²) in [5.74, 6) is -2.67. The van der Waals surface area contributed by atoms with Crippen molar-refractivity contribution in [3.63, 3.8) is 0 Å². The molecule has 13 nitrogen and oxygen atoms in total. The molecule has 1 aromatic heterocycles. The molecule has 0 fully saturated rings. The van der Waals surface area contributed by atoms with Crippen LogP contribution in [0.25, 0.3) is 0 Å². The van der Waals surface area contributed by atoms with Crippen LogP contribution in [-0.4, -0.2) is 53.3 Å². The van der Waals surface area contributed by atoms with Gasteiger partial charge in [-0.1, -0.05) is 48.5 Å². The number of hydrogen-bond acceptors (Lipinski definition) is 9. The maximum Gasteiger partial charge on any atom is 0.328 e. The smallest absolute Gasteiger partial charge is 0.328 e. The van der Waals surface area contributed by atoms with Crippen molar-refractivity contribution in [2.24, 2.45) is 0 Å². The zero-order valence-electron chi connectivity index (χ0n) is 22.0. The molecule has 41 heavy (non-hydrogen) atoms. The molecule has 0 aliphatic heterocycles. The number of nitro groups is 1. The largest absolute Gasteiger partial charge is 0.467 e. The van der Waals surface area contributed by atoms with Gasteiger partial charge in [0, 0.05) is 43.4 Å². The molecule has 4 N–H and O–H groups in total. The summed E-state index contributed by atoms with van der Waals surface area (Å²) in [5, 5.41) is 21.5. The van der Waals surface area contributed by atoms with Crippen molar-refractivity contribution in [3.8, 4) is 0 Å². The quantitative estimate of drug-likeness (QED) is 0.105. The third kappa shape index (κ3) is 9.28. The van der Waals surface area contributed by atoms with Crippen molar-refractivity contribution >= 4 is 35.2 Å². The van der Waals surface area contributed by atoms with Crippen LogP contribution in [0.15, 0.2) is 90.9 Å². The number of ether oxygens (including phenoxy) is 1. The second-order valence-electron chi connectivity index (χ2n) is 8.49. The SMILES string of the molecule is COC(=O)[C@H](Cc1ccccc1)NC(=O)CCNC(=O)/C(=C/Nc1ncccc1[N+](=O)[O-])NC(=O)c1ccccc1. The number of esters is 1. The zero-order chi connectivity index (χ0) is 29.6. The molecule has 1 heterocycles. The minimum absolute atomic E-state index is 0.147. The minimum Gasteiger partial charge on any atom is -0.467 e. The van der Waals surface area contributed by atoms with E-state index in [-0.39, 0.29) is 42.2 Å². The van der Waals surface area contributed by atoms with E-state index in [9.17, 15) is 29.3 Å². The van der Waals surface area contributed by atoms with Crippen molar-refractivity contribution in [1.29, 1.82) is 0 Å². The Balaban J connectivity index is 1.66. The van der Waals surface area contributed by atoms with Gasteiger partial charge in [-0.15, -0.1) is 0 Å². The number of carbonyl (C=O) groups is 4. The van der Waals surface area contributed by atoms with Crippen molar-refractivity contribution in [1.82, 2.24) is 20.9 Å². The minimum atomic E-state index is -0.926. The maximum atomic E-state index is 13.0. The van der Waals surface area contributed by atoms with Crippen molar-refractivity contribution < 1.29 is 28.8 Å². The molecule has 2 aromatic carbocycles. The van der Waals surface area contributed by atoms with Crippen LogP contribution < -0.4 is 21.3 Å². The summed E-state index contributed by atoms with van der Waals surface area (Å²) in [6, 6.07) is 18.8. The van der Waals surface area contributed by atoms with Crippen LogP contribution >= 0.6 is 0 Å². The number of aromatic nitrogens is 1. The summed E-state index contributed by atoms with van der Waals surface area (Å²) in [6.07, 6.45) is 2.42. The molecule has 13 heteroatoms. The van der Waals surface area contributed by atoms with Gasteiger partial charge in [-0.2, -0.15) is 0 Å². The van der Waals surface area contributed by atoms with Crippen LogP contribution in [0.2, 0.25) is 0 Å². The fourth-order valence-corrected chi connectivity index (χ4v) is 3.57. The van der Waals surface area contributed by atoms with Gasteiger partial charge in [0.1, 0.15) is 11.7 Å². The van der Waals surface area contributed by atoms with Gasteiger partial charge in [0.05, 0.1) is 12.0 Å². The molecule has 212 valence electrons. The van der Waals surface area contributed by atoms with Crippen LogP contribution in [0.5, 0.6) is 0 Å². The maximum absolute atomic E-state index is 13.0. The molecule has 3 amide bonds. The molecule has 0 radical (unpaired) electrons. The van der Waals surface area contributed by atoms with Gasteiger partial charge >= 0.3 is 11.7 Å². The molecule has 0 aliphatic carbocycles.